The number of carbonyl (C=O) groups is 2. The van der Waals surface area contributed by atoms with Crippen molar-refractivity contribution < 1.29 is 33.6 Å². The molecule has 42 heavy (non-hydrogen) atoms. The fourth-order valence-corrected chi connectivity index (χ4v) is 5.74. The Hall–Kier alpha value is -3.56. The van der Waals surface area contributed by atoms with Crippen LogP contribution in [0.5, 0.6) is 17.2 Å². The lowest BCUT2D eigenvalue weighted by atomic mass is 9.94. The topological polar surface area (TPSA) is 97.8 Å². The highest BCUT2D eigenvalue weighted by Gasteiger charge is 2.46. The highest BCUT2D eigenvalue weighted by Crippen LogP contribution is 2.43. The molecule has 0 spiro atoms. The third-order valence-corrected chi connectivity index (χ3v) is 8.01. The minimum Gasteiger partial charge on any atom is -0.507 e. The number of benzene rings is 2. The second kappa shape index (κ2) is 13.2. The van der Waals surface area contributed by atoms with Crippen molar-refractivity contribution in [3.05, 3.63) is 58.7 Å². The molecule has 3 aliphatic rings. The quantitative estimate of drug-likeness (QED) is 0.235. The molecule has 0 saturated carbocycles. The molecule has 0 radical (unpaired) electrons. The van der Waals surface area contributed by atoms with Crippen LogP contribution in [0.2, 0.25) is 0 Å². The van der Waals surface area contributed by atoms with Crippen molar-refractivity contribution in [3.63, 3.8) is 0 Å². The van der Waals surface area contributed by atoms with Crippen LogP contribution in [-0.4, -0.2) is 85.3 Å². The minimum atomic E-state index is -0.779. The zero-order valence-corrected chi connectivity index (χ0v) is 25.1. The molecule has 1 N–H and O–H groups in total. The van der Waals surface area contributed by atoms with Gasteiger partial charge in [-0.1, -0.05) is 19.9 Å². The van der Waals surface area contributed by atoms with Gasteiger partial charge in [-0.3, -0.25) is 14.5 Å². The van der Waals surface area contributed by atoms with Crippen molar-refractivity contribution in [2.75, 3.05) is 52.6 Å². The average Bonchev–Trinajstić information content (AvgIpc) is 3.47. The Labute approximate surface area is 248 Å². The van der Waals surface area contributed by atoms with Gasteiger partial charge in [-0.2, -0.15) is 0 Å². The van der Waals surface area contributed by atoms with E-state index in [4.69, 9.17) is 18.9 Å². The number of hydrogen-bond donors (Lipinski definition) is 1. The molecular weight excluding hydrogens is 536 g/mol. The highest BCUT2D eigenvalue weighted by atomic mass is 16.5. The van der Waals surface area contributed by atoms with Gasteiger partial charge in [0.15, 0.2) is 11.5 Å². The fraction of sp³-hybridized carbons (Fsp3) is 0.515. The maximum atomic E-state index is 13.6. The summed E-state index contributed by atoms with van der Waals surface area (Å²) in [6, 6.07) is 10.1. The van der Waals surface area contributed by atoms with Crippen molar-refractivity contribution >= 4 is 17.4 Å². The predicted octanol–water partition coefficient (Wildman–Crippen LogP) is 4.59. The van der Waals surface area contributed by atoms with Crippen molar-refractivity contribution in [2.45, 2.75) is 52.7 Å². The molecule has 2 aromatic carbocycles. The summed E-state index contributed by atoms with van der Waals surface area (Å²) in [5.41, 5.74) is 2.20. The lowest BCUT2D eigenvalue weighted by Crippen LogP contribution is -2.42. The third kappa shape index (κ3) is 6.42. The number of likely N-dealkylation sites (tertiary alicyclic amines) is 1. The smallest absolute Gasteiger partial charge is 0.295 e. The van der Waals surface area contributed by atoms with Crippen LogP contribution < -0.4 is 14.2 Å². The van der Waals surface area contributed by atoms with Gasteiger partial charge in [0.25, 0.3) is 11.7 Å². The molecule has 1 amide bonds. The third-order valence-electron chi connectivity index (χ3n) is 8.01. The molecule has 5 rings (SSSR count). The Bertz CT molecular complexity index is 1330. The van der Waals surface area contributed by atoms with E-state index in [0.717, 1.165) is 30.8 Å². The minimum absolute atomic E-state index is 0.0430. The summed E-state index contributed by atoms with van der Waals surface area (Å²) in [7, 11) is 0. The Kier molecular flexibility index (Phi) is 9.38. The van der Waals surface area contributed by atoms with Gasteiger partial charge >= 0.3 is 0 Å². The van der Waals surface area contributed by atoms with Crippen LogP contribution in [0.25, 0.3) is 5.76 Å². The van der Waals surface area contributed by atoms with Gasteiger partial charge in [-0.25, -0.2) is 0 Å². The van der Waals surface area contributed by atoms with E-state index in [2.05, 4.69) is 18.7 Å². The van der Waals surface area contributed by atoms with E-state index in [0.29, 0.717) is 74.5 Å². The van der Waals surface area contributed by atoms with Crippen LogP contribution in [0, 0.1) is 5.92 Å². The molecule has 0 aliphatic carbocycles. The lowest BCUT2D eigenvalue weighted by Gasteiger charge is -2.31. The van der Waals surface area contributed by atoms with Crippen molar-refractivity contribution in [2.24, 2.45) is 5.92 Å². The van der Waals surface area contributed by atoms with Gasteiger partial charge in [-0.05, 0) is 67.6 Å². The number of nitrogens with zero attached hydrogens (tertiary/aromatic N) is 2. The molecule has 2 aromatic rings. The van der Waals surface area contributed by atoms with E-state index in [9.17, 15) is 14.7 Å². The van der Waals surface area contributed by atoms with Crippen molar-refractivity contribution in [1.29, 1.82) is 0 Å². The molecule has 9 heteroatoms. The summed E-state index contributed by atoms with van der Waals surface area (Å²) >= 11 is 0. The number of carbonyl (C=O) groups excluding carboxylic acids is 2. The van der Waals surface area contributed by atoms with Crippen molar-refractivity contribution in [3.8, 4) is 17.2 Å². The summed E-state index contributed by atoms with van der Waals surface area (Å²) in [5, 5.41) is 11.6. The van der Waals surface area contributed by atoms with E-state index < -0.39 is 17.7 Å². The number of rotatable bonds is 11. The van der Waals surface area contributed by atoms with E-state index in [1.807, 2.05) is 44.2 Å². The molecule has 226 valence electrons. The number of ether oxygens (including phenoxy) is 4. The predicted molar refractivity (Wildman–Crippen MR) is 159 cm³/mol. The van der Waals surface area contributed by atoms with Crippen molar-refractivity contribution in [1.82, 2.24) is 9.80 Å². The normalized spacial score (nSPS) is 22.0. The summed E-state index contributed by atoms with van der Waals surface area (Å²) in [6.07, 6.45) is 1.66. The summed E-state index contributed by atoms with van der Waals surface area (Å²) < 4.78 is 23.3. The van der Waals surface area contributed by atoms with Gasteiger partial charge in [0.1, 0.15) is 17.6 Å². The Morgan fingerprint density at radius 1 is 1.05 bits per heavy atom. The number of aliphatic hydroxyl groups excluding tert-OH is 1. The first-order valence-corrected chi connectivity index (χ1v) is 15.0. The van der Waals surface area contributed by atoms with E-state index >= 15 is 0 Å². The van der Waals surface area contributed by atoms with Gasteiger partial charge in [0.2, 0.25) is 0 Å². The Balaban J connectivity index is 1.53. The second-order valence-electron chi connectivity index (χ2n) is 11.6. The van der Waals surface area contributed by atoms with E-state index in [-0.39, 0.29) is 17.4 Å². The number of Topliss-reactive ketones (excluding diaryl/α,β-unsaturated/α-hetero) is 1. The largest absolute Gasteiger partial charge is 0.507 e. The number of ketones is 1. The number of aliphatic hydroxyl groups is 1. The highest BCUT2D eigenvalue weighted by molar-refractivity contribution is 6.46. The molecule has 0 bridgehead atoms. The first-order chi connectivity index (χ1) is 20.3. The summed E-state index contributed by atoms with van der Waals surface area (Å²) in [5.74, 6) is 0.921. The number of fused-ring (bicyclic) bond motifs is 1. The average molecular weight is 579 g/mol. The number of hydrogen-bond acceptors (Lipinski definition) is 8. The monoisotopic (exact) mass is 578 g/mol. The van der Waals surface area contributed by atoms with Crippen LogP contribution in [0.1, 0.15) is 56.8 Å². The zero-order valence-electron chi connectivity index (χ0n) is 25.1. The zero-order chi connectivity index (χ0) is 29.8. The van der Waals surface area contributed by atoms with Gasteiger partial charge in [0, 0.05) is 38.2 Å². The van der Waals surface area contributed by atoms with Crippen LogP contribution in [-0.2, 0) is 20.7 Å². The lowest BCUT2D eigenvalue weighted by molar-refractivity contribution is -0.140. The molecule has 3 aliphatic heterocycles. The molecule has 2 atom stereocenters. The van der Waals surface area contributed by atoms with E-state index in [1.54, 1.807) is 11.0 Å². The number of morpholine rings is 1. The van der Waals surface area contributed by atoms with Crippen LogP contribution in [0.15, 0.2) is 42.0 Å². The molecule has 3 heterocycles. The maximum absolute atomic E-state index is 13.6. The maximum Gasteiger partial charge on any atom is 0.295 e. The standard InChI is InChI=1S/C33H42N2O7/c1-5-40-28-20-23(6-9-27(28)41-15-10-21(2)3)30-29(31(36)24-7-8-26-25(19-24)18-22(4)42-26)32(37)33(38)35(30)12-11-34-13-16-39-17-14-34/h6-9,19-22,30,36H,5,10-18H2,1-4H3/b31-29+/t22-,30-/m0/s1. The van der Waals surface area contributed by atoms with Gasteiger partial charge < -0.3 is 29.0 Å². The van der Waals surface area contributed by atoms with Crippen LogP contribution >= 0.6 is 0 Å². The summed E-state index contributed by atoms with van der Waals surface area (Å²) in [6.45, 7) is 12.9. The van der Waals surface area contributed by atoms with Gasteiger partial charge in [0.05, 0.1) is 38.0 Å². The number of amides is 1. The van der Waals surface area contributed by atoms with Crippen LogP contribution in [0.4, 0.5) is 0 Å². The first kappa shape index (κ1) is 29.9. The van der Waals surface area contributed by atoms with Crippen LogP contribution in [0.3, 0.4) is 0 Å². The Morgan fingerprint density at radius 2 is 1.83 bits per heavy atom. The first-order valence-electron chi connectivity index (χ1n) is 15.0. The molecule has 2 saturated heterocycles. The molecular formula is C33H42N2O7. The molecule has 9 nitrogen and oxygen atoms in total. The van der Waals surface area contributed by atoms with E-state index in [1.165, 1.54) is 0 Å². The summed E-state index contributed by atoms with van der Waals surface area (Å²) in [4.78, 5) is 30.9. The SMILES string of the molecule is CCOc1cc([C@H]2/C(=C(\O)c3ccc4c(c3)C[C@H](C)O4)C(=O)C(=O)N2CCN2CCOCC2)ccc1OCCC(C)C. The fourth-order valence-electron chi connectivity index (χ4n) is 5.74. The van der Waals surface area contributed by atoms with Gasteiger partial charge in [-0.15, -0.1) is 0 Å². The molecule has 0 aromatic heterocycles. The molecule has 2 fully saturated rings. The Morgan fingerprint density at radius 3 is 2.57 bits per heavy atom. The second-order valence-corrected chi connectivity index (χ2v) is 11.6. The molecule has 0 unspecified atom stereocenters.